The van der Waals surface area contributed by atoms with Gasteiger partial charge in [0.05, 0.1) is 0 Å². The predicted octanol–water partition coefficient (Wildman–Crippen LogP) is 2.71. The van der Waals surface area contributed by atoms with Crippen LogP contribution in [0.4, 0.5) is 5.69 Å². The Bertz CT molecular complexity index is 548. The van der Waals surface area contributed by atoms with Crippen LogP contribution in [0.25, 0.3) is 0 Å². The Labute approximate surface area is 120 Å². The van der Waals surface area contributed by atoms with Gasteiger partial charge in [-0.2, -0.15) is 0 Å². The second-order valence-electron chi connectivity index (χ2n) is 5.27. The number of rotatable bonds is 3. The number of para-hydroxylation sites is 1. The maximum absolute atomic E-state index is 9.51. The first kappa shape index (κ1) is 13.0. The number of hydrogen-bond acceptors (Lipinski definition) is 3. The Kier molecular flexibility index (Phi) is 3.88. The van der Waals surface area contributed by atoms with Gasteiger partial charge in [0.15, 0.2) is 0 Å². The van der Waals surface area contributed by atoms with Crippen LogP contribution in [0, 0.1) is 0 Å². The zero-order chi connectivity index (χ0) is 13.8. The van der Waals surface area contributed by atoms with E-state index in [9.17, 15) is 5.11 Å². The molecule has 104 valence electrons. The molecule has 0 radical (unpaired) electrons. The van der Waals surface area contributed by atoms with Crippen LogP contribution in [0.15, 0.2) is 54.6 Å². The molecule has 0 saturated carbocycles. The van der Waals surface area contributed by atoms with Crippen molar-refractivity contribution < 1.29 is 5.11 Å². The minimum Gasteiger partial charge on any atom is -0.508 e. The van der Waals surface area contributed by atoms with Gasteiger partial charge in [-0.05, 0) is 29.8 Å². The van der Waals surface area contributed by atoms with Crippen LogP contribution in [0.1, 0.15) is 5.56 Å². The second kappa shape index (κ2) is 5.97. The van der Waals surface area contributed by atoms with Gasteiger partial charge < -0.3 is 10.0 Å². The first-order chi connectivity index (χ1) is 9.81. The summed E-state index contributed by atoms with van der Waals surface area (Å²) < 4.78 is 0. The molecule has 2 aromatic carbocycles. The minimum atomic E-state index is 0.352. The first-order valence-corrected chi connectivity index (χ1v) is 7.11. The largest absolute Gasteiger partial charge is 0.508 e. The average molecular weight is 268 g/mol. The van der Waals surface area contributed by atoms with E-state index in [1.807, 2.05) is 12.1 Å². The zero-order valence-electron chi connectivity index (χ0n) is 11.6. The van der Waals surface area contributed by atoms with Crippen LogP contribution >= 0.6 is 0 Å². The molecule has 0 unspecified atom stereocenters. The monoisotopic (exact) mass is 268 g/mol. The van der Waals surface area contributed by atoms with E-state index in [0.29, 0.717) is 5.75 Å². The van der Waals surface area contributed by atoms with Crippen LogP contribution in [-0.2, 0) is 6.54 Å². The molecule has 0 aromatic heterocycles. The molecular weight excluding hydrogens is 248 g/mol. The standard InChI is InChI=1S/C17H20N2O/c20-17-8-4-5-15(13-17)14-18-9-11-19(12-10-18)16-6-2-1-3-7-16/h1-8,13,20H,9-12,14H2. The van der Waals surface area contributed by atoms with Gasteiger partial charge in [-0.25, -0.2) is 0 Å². The predicted molar refractivity (Wildman–Crippen MR) is 82.0 cm³/mol. The van der Waals surface area contributed by atoms with Crippen LogP contribution in [-0.4, -0.2) is 36.2 Å². The quantitative estimate of drug-likeness (QED) is 0.927. The van der Waals surface area contributed by atoms with E-state index >= 15 is 0 Å². The van der Waals surface area contributed by atoms with E-state index in [1.54, 1.807) is 6.07 Å². The molecule has 0 aliphatic carbocycles. The van der Waals surface area contributed by atoms with E-state index in [1.165, 1.54) is 11.3 Å². The highest BCUT2D eigenvalue weighted by atomic mass is 16.3. The molecule has 3 rings (SSSR count). The van der Waals surface area contributed by atoms with Crippen LogP contribution in [0.3, 0.4) is 0 Å². The number of aromatic hydroxyl groups is 1. The highest BCUT2D eigenvalue weighted by Crippen LogP contribution is 2.18. The maximum atomic E-state index is 9.51. The van der Waals surface area contributed by atoms with Crippen molar-refractivity contribution in [1.82, 2.24) is 4.90 Å². The summed E-state index contributed by atoms with van der Waals surface area (Å²) in [4.78, 5) is 4.87. The fraction of sp³-hybridized carbons (Fsp3) is 0.294. The molecule has 3 heteroatoms. The lowest BCUT2D eigenvalue weighted by atomic mass is 10.2. The van der Waals surface area contributed by atoms with Gasteiger partial charge in [0.1, 0.15) is 5.75 Å². The Morgan fingerprint density at radius 2 is 1.60 bits per heavy atom. The van der Waals surface area contributed by atoms with Crippen molar-refractivity contribution in [2.45, 2.75) is 6.54 Å². The lowest BCUT2D eigenvalue weighted by Gasteiger charge is -2.36. The molecule has 20 heavy (non-hydrogen) atoms. The summed E-state index contributed by atoms with van der Waals surface area (Å²) in [5, 5.41) is 9.51. The van der Waals surface area contributed by atoms with Gasteiger partial charge in [0.2, 0.25) is 0 Å². The van der Waals surface area contributed by atoms with Crippen molar-refractivity contribution >= 4 is 5.69 Å². The Hall–Kier alpha value is -2.00. The number of benzene rings is 2. The van der Waals surface area contributed by atoms with Gasteiger partial charge in [-0.3, -0.25) is 4.90 Å². The summed E-state index contributed by atoms with van der Waals surface area (Å²) >= 11 is 0. The fourth-order valence-electron chi connectivity index (χ4n) is 2.72. The Morgan fingerprint density at radius 1 is 0.850 bits per heavy atom. The topological polar surface area (TPSA) is 26.7 Å². The maximum Gasteiger partial charge on any atom is 0.115 e. The van der Waals surface area contributed by atoms with Crippen molar-refractivity contribution in [3.63, 3.8) is 0 Å². The first-order valence-electron chi connectivity index (χ1n) is 7.11. The SMILES string of the molecule is Oc1cccc(CN2CCN(c3ccccc3)CC2)c1. The summed E-state index contributed by atoms with van der Waals surface area (Å²) in [5.41, 5.74) is 2.49. The number of hydrogen-bond donors (Lipinski definition) is 1. The molecule has 1 aliphatic heterocycles. The van der Waals surface area contributed by atoms with Crippen molar-refractivity contribution in [3.05, 3.63) is 60.2 Å². The second-order valence-corrected chi connectivity index (χ2v) is 5.27. The molecule has 1 saturated heterocycles. The number of phenols is 1. The average Bonchev–Trinajstić information content (AvgIpc) is 2.49. The number of phenolic OH excluding ortho intramolecular Hbond substituents is 1. The Morgan fingerprint density at radius 3 is 2.30 bits per heavy atom. The number of piperazine rings is 1. The lowest BCUT2D eigenvalue weighted by Crippen LogP contribution is -2.45. The highest BCUT2D eigenvalue weighted by molar-refractivity contribution is 5.46. The third kappa shape index (κ3) is 3.11. The Balaban J connectivity index is 1.56. The molecule has 1 fully saturated rings. The van der Waals surface area contributed by atoms with Crippen LogP contribution in [0.5, 0.6) is 5.75 Å². The van der Waals surface area contributed by atoms with Gasteiger partial charge in [-0.15, -0.1) is 0 Å². The molecule has 0 atom stereocenters. The summed E-state index contributed by atoms with van der Waals surface area (Å²) in [5.74, 6) is 0.352. The van der Waals surface area contributed by atoms with E-state index in [4.69, 9.17) is 0 Å². The molecule has 0 amide bonds. The van der Waals surface area contributed by atoms with Crippen molar-refractivity contribution in [1.29, 1.82) is 0 Å². The molecular formula is C17H20N2O. The highest BCUT2D eigenvalue weighted by Gasteiger charge is 2.17. The molecule has 1 aliphatic rings. The minimum absolute atomic E-state index is 0.352. The molecule has 1 heterocycles. The molecule has 1 N–H and O–H groups in total. The summed E-state index contributed by atoms with van der Waals surface area (Å²) in [7, 11) is 0. The number of anilines is 1. The van der Waals surface area contributed by atoms with Crippen molar-refractivity contribution in [2.24, 2.45) is 0 Å². The number of nitrogens with zero attached hydrogens (tertiary/aromatic N) is 2. The molecule has 0 bridgehead atoms. The lowest BCUT2D eigenvalue weighted by molar-refractivity contribution is 0.249. The van der Waals surface area contributed by atoms with Gasteiger partial charge in [0, 0.05) is 38.4 Å². The van der Waals surface area contributed by atoms with E-state index in [2.05, 4.69) is 46.2 Å². The van der Waals surface area contributed by atoms with Gasteiger partial charge in [-0.1, -0.05) is 30.3 Å². The summed E-state index contributed by atoms with van der Waals surface area (Å²) in [6.07, 6.45) is 0. The third-order valence-corrected chi connectivity index (χ3v) is 3.81. The fourth-order valence-corrected chi connectivity index (χ4v) is 2.72. The molecule has 3 nitrogen and oxygen atoms in total. The smallest absolute Gasteiger partial charge is 0.115 e. The van der Waals surface area contributed by atoms with Crippen LogP contribution < -0.4 is 4.90 Å². The summed E-state index contributed by atoms with van der Waals surface area (Å²) in [6, 6.07) is 18.1. The van der Waals surface area contributed by atoms with E-state index in [-0.39, 0.29) is 0 Å². The molecule has 0 spiro atoms. The van der Waals surface area contributed by atoms with Crippen molar-refractivity contribution in [3.8, 4) is 5.75 Å². The van der Waals surface area contributed by atoms with Crippen molar-refractivity contribution in [2.75, 3.05) is 31.1 Å². The van der Waals surface area contributed by atoms with E-state index in [0.717, 1.165) is 32.7 Å². The van der Waals surface area contributed by atoms with Gasteiger partial charge in [0.25, 0.3) is 0 Å². The van der Waals surface area contributed by atoms with Crippen LogP contribution in [0.2, 0.25) is 0 Å². The zero-order valence-corrected chi connectivity index (χ0v) is 11.6. The van der Waals surface area contributed by atoms with Gasteiger partial charge >= 0.3 is 0 Å². The third-order valence-electron chi connectivity index (χ3n) is 3.81. The molecule has 2 aromatic rings. The summed E-state index contributed by atoms with van der Waals surface area (Å²) in [6.45, 7) is 5.15. The normalized spacial score (nSPS) is 16.3. The van der Waals surface area contributed by atoms with E-state index < -0.39 is 0 Å².